The SMILES string of the molecule is CC1(C(=O)N2CCCC2c2ccccc2Cl)CCNC1. The fraction of sp³-hybridized carbons (Fsp3) is 0.562. The molecule has 20 heavy (non-hydrogen) atoms. The first kappa shape index (κ1) is 13.9. The number of nitrogens with zero attached hydrogens (tertiary/aromatic N) is 1. The minimum atomic E-state index is -0.246. The number of hydrogen-bond donors (Lipinski definition) is 1. The van der Waals surface area contributed by atoms with Gasteiger partial charge in [-0.25, -0.2) is 0 Å². The fourth-order valence-electron chi connectivity index (χ4n) is 3.42. The van der Waals surface area contributed by atoms with Crippen molar-refractivity contribution >= 4 is 17.5 Å². The molecule has 3 nitrogen and oxygen atoms in total. The predicted molar refractivity (Wildman–Crippen MR) is 80.7 cm³/mol. The lowest BCUT2D eigenvalue weighted by Crippen LogP contribution is -2.43. The molecule has 2 fully saturated rings. The molecule has 1 aromatic rings. The van der Waals surface area contributed by atoms with Crippen molar-refractivity contribution in [3.63, 3.8) is 0 Å². The standard InChI is InChI=1S/C16H21ClN2O/c1-16(8-9-18-11-16)15(20)19-10-4-7-14(19)12-5-2-3-6-13(12)17/h2-3,5-6,14,18H,4,7-11H2,1H3. The van der Waals surface area contributed by atoms with Gasteiger partial charge in [0.05, 0.1) is 11.5 Å². The molecule has 4 heteroatoms. The summed E-state index contributed by atoms with van der Waals surface area (Å²) in [7, 11) is 0. The molecule has 1 aromatic carbocycles. The maximum atomic E-state index is 12.9. The second kappa shape index (κ2) is 5.38. The molecule has 0 aromatic heterocycles. The highest BCUT2D eigenvalue weighted by atomic mass is 35.5. The Morgan fingerprint density at radius 1 is 1.45 bits per heavy atom. The second-order valence-electron chi connectivity index (χ2n) is 6.17. The van der Waals surface area contributed by atoms with Crippen LogP contribution in [0.2, 0.25) is 5.02 Å². The molecule has 2 atom stereocenters. The van der Waals surface area contributed by atoms with Gasteiger partial charge in [-0.15, -0.1) is 0 Å². The van der Waals surface area contributed by atoms with E-state index in [0.717, 1.165) is 49.5 Å². The normalized spacial score (nSPS) is 29.9. The van der Waals surface area contributed by atoms with E-state index in [2.05, 4.69) is 12.2 Å². The van der Waals surface area contributed by atoms with E-state index in [9.17, 15) is 4.79 Å². The third-order valence-electron chi connectivity index (χ3n) is 4.66. The summed E-state index contributed by atoms with van der Waals surface area (Å²) in [5.74, 6) is 0.282. The first-order chi connectivity index (χ1) is 9.62. The van der Waals surface area contributed by atoms with Crippen molar-refractivity contribution in [2.75, 3.05) is 19.6 Å². The molecule has 3 rings (SSSR count). The third-order valence-corrected chi connectivity index (χ3v) is 5.01. The van der Waals surface area contributed by atoms with Gasteiger partial charge in [0.15, 0.2) is 0 Å². The van der Waals surface area contributed by atoms with Crippen LogP contribution in [0.15, 0.2) is 24.3 Å². The summed E-state index contributed by atoms with van der Waals surface area (Å²) in [5.41, 5.74) is 0.846. The summed E-state index contributed by atoms with van der Waals surface area (Å²) < 4.78 is 0. The molecule has 0 spiro atoms. The van der Waals surface area contributed by atoms with Crippen LogP contribution >= 0.6 is 11.6 Å². The van der Waals surface area contributed by atoms with Gasteiger partial charge in [0.1, 0.15) is 0 Å². The van der Waals surface area contributed by atoms with Gasteiger partial charge in [0, 0.05) is 18.1 Å². The van der Waals surface area contributed by atoms with Crippen molar-refractivity contribution in [3.05, 3.63) is 34.9 Å². The Morgan fingerprint density at radius 2 is 2.25 bits per heavy atom. The van der Waals surface area contributed by atoms with Crippen LogP contribution in [0.3, 0.4) is 0 Å². The maximum Gasteiger partial charge on any atom is 0.230 e. The lowest BCUT2D eigenvalue weighted by atomic mass is 9.87. The van der Waals surface area contributed by atoms with Gasteiger partial charge in [-0.2, -0.15) is 0 Å². The topological polar surface area (TPSA) is 32.3 Å². The zero-order valence-corrected chi connectivity index (χ0v) is 12.6. The van der Waals surface area contributed by atoms with E-state index < -0.39 is 0 Å². The van der Waals surface area contributed by atoms with Gasteiger partial charge in [0.2, 0.25) is 5.91 Å². The maximum absolute atomic E-state index is 12.9. The highest BCUT2D eigenvalue weighted by molar-refractivity contribution is 6.31. The average Bonchev–Trinajstić information content (AvgIpc) is 3.08. The quantitative estimate of drug-likeness (QED) is 0.909. The molecule has 1 amide bonds. The summed E-state index contributed by atoms with van der Waals surface area (Å²) in [6, 6.07) is 8.05. The number of nitrogens with one attached hydrogen (secondary N) is 1. The number of hydrogen-bond acceptors (Lipinski definition) is 2. The molecular weight excluding hydrogens is 272 g/mol. The Balaban J connectivity index is 1.86. The molecule has 2 aliphatic rings. The molecule has 108 valence electrons. The van der Waals surface area contributed by atoms with Crippen LogP contribution in [0, 0.1) is 5.41 Å². The Kier molecular flexibility index (Phi) is 3.74. The Bertz CT molecular complexity index is 511. The smallest absolute Gasteiger partial charge is 0.230 e. The number of amides is 1. The Hall–Kier alpha value is -1.06. The van der Waals surface area contributed by atoms with Crippen molar-refractivity contribution in [2.45, 2.75) is 32.2 Å². The number of carbonyl (C=O) groups is 1. The van der Waals surface area contributed by atoms with Crippen LogP contribution in [0.25, 0.3) is 0 Å². The minimum absolute atomic E-state index is 0.147. The van der Waals surface area contributed by atoms with Crippen LogP contribution in [0.5, 0.6) is 0 Å². The lowest BCUT2D eigenvalue weighted by Gasteiger charge is -2.33. The van der Waals surface area contributed by atoms with Gasteiger partial charge in [-0.05, 0) is 44.4 Å². The third kappa shape index (κ3) is 2.33. The van der Waals surface area contributed by atoms with E-state index in [-0.39, 0.29) is 17.4 Å². The van der Waals surface area contributed by atoms with Crippen LogP contribution < -0.4 is 5.32 Å². The van der Waals surface area contributed by atoms with E-state index in [1.54, 1.807) is 0 Å². The number of rotatable bonds is 2. The van der Waals surface area contributed by atoms with Gasteiger partial charge < -0.3 is 10.2 Å². The van der Waals surface area contributed by atoms with Gasteiger partial charge in [-0.1, -0.05) is 29.8 Å². The fourth-order valence-corrected chi connectivity index (χ4v) is 3.69. The van der Waals surface area contributed by atoms with E-state index in [1.807, 2.05) is 29.2 Å². The largest absolute Gasteiger partial charge is 0.335 e. The molecule has 2 heterocycles. The van der Waals surface area contributed by atoms with Crippen LogP contribution in [-0.4, -0.2) is 30.4 Å². The Morgan fingerprint density at radius 3 is 2.95 bits per heavy atom. The Labute approximate surface area is 125 Å². The van der Waals surface area contributed by atoms with Crippen molar-refractivity contribution in [1.82, 2.24) is 10.2 Å². The van der Waals surface area contributed by atoms with E-state index in [0.29, 0.717) is 0 Å². The molecule has 2 saturated heterocycles. The monoisotopic (exact) mass is 292 g/mol. The van der Waals surface area contributed by atoms with E-state index in [4.69, 9.17) is 11.6 Å². The molecule has 0 saturated carbocycles. The minimum Gasteiger partial charge on any atom is -0.335 e. The molecule has 1 N–H and O–H groups in total. The molecular formula is C16H21ClN2O. The summed E-state index contributed by atoms with van der Waals surface area (Å²) in [6.07, 6.45) is 3.00. The zero-order valence-electron chi connectivity index (χ0n) is 11.9. The molecule has 2 aliphatic heterocycles. The molecule has 2 unspecified atom stereocenters. The van der Waals surface area contributed by atoms with Crippen LogP contribution in [-0.2, 0) is 4.79 Å². The summed E-state index contributed by atoms with van der Waals surface area (Å²) in [6.45, 7) is 4.66. The van der Waals surface area contributed by atoms with Gasteiger partial charge >= 0.3 is 0 Å². The zero-order chi connectivity index (χ0) is 14.2. The van der Waals surface area contributed by atoms with Crippen molar-refractivity contribution < 1.29 is 4.79 Å². The van der Waals surface area contributed by atoms with Crippen molar-refractivity contribution in [1.29, 1.82) is 0 Å². The van der Waals surface area contributed by atoms with Gasteiger partial charge in [-0.3, -0.25) is 4.79 Å². The summed E-state index contributed by atoms with van der Waals surface area (Å²) in [5, 5.41) is 4.08. The molecule has 0 bridgehead atoms. The van der Waals surface area contributed by atoms with E-state index >= 15 is 0 Å². The number of likely N-dealkylation sites (tertiary alicyclic amines) is 1. The molecule has 0 aliphatic carbocycles. The average molecular weight is 293 g/mol. The first-order valence-electron chi connectivity index (χ1n) is 7.38. The first-order valence-corrected chi connectivity index (χ1v) is 7.76. The van der Waals surface area contributed by atoms with Crippen LogP contribution in [0.1, 0.15) is 37.8 Å². The highest BCUT2D eigenvalue weighted by Crippen LogP contribution is 2.39. The number of benzene rings is 1. The second-order valence-corrected chi connectivity index (χ2v) is 6.57. The van der Waals surface area contributed by atoms with Gasteiger partial charge in [0.25, 0.3) is 0 Å². The highest BCUT2D eigenvalue weighted by Gasteiger charge is 2.43. The van der Waals surface area contributed by atoms with E-state index in [1.165, 1.54) is 0 Å². The van der Waals surface area contributed by atoms with Crippen LogP contribution in [0.4, 0.5) is 0 Å². The lowest BCUT2D eigenvalue weighted by molar-refractivity contribution is -0.141. The van der Waals surface area contributed by atoms with Crippen molar-refractivity contribution in [2.24, 2.45) is 5.41 Å². The number of halogens is 1. The summed E-state index contributed by atoms with van der Waals surface area (Å²) in [4.78, 5) is 15.0. The number of carbonyl (C=O) groups excluding carboxylic acids is 1. The van der Waals surface area contributed by atoms with Crippen molar-refractivity contribution in [3.8, 4) is 0 Å². The summed E-state index contributed by atoms with van der Waals surface area (Å²) >= 11 is 6.32. The predicted octanol–water partition coefficient (Wildman–Crippen LogP) is 3.00. The molecule has 0 radical (unpaired) electrons.